The number of phosphoric ester groups is 1. The van der Waals surface area contributed by atoms with Crippen molar-refractivity contribution in [1.82, 2.24) is 36.9 Å². The van der Waals surface area contributed by atoms with E-state index in [9.17, 15) is 73.2 Å². The molecule has 0 aliphatic carbocycles. The number of hydrogen-bond donors (Lipinski definition) is 12. The molecule has 0 radical (unpaired) electrons. The Kier molecular flexibility index (Phi) is 23.5. The minimum Gasteiger partial charge on any atom is -0.394 e. The summed E-state index contributed by atoms with van der Waals surface area (Å²) < 4.78 is 16.1. The fraction of sp³-hybridized carbons (Fsp3) is 0.450. The molecule has 15 N–H and O–H groups in total. The first kappa shape index (κ1) is 57.5. The maximum Gasteiger partial charge on any atom is 0.469 e. The van der Waals surface area contributed by atoms with Crippen LogP contribution in [0.1, 0.15) is 48.9 Å². The highest BCUT2D eigenvalue weighted by molar-refractivity contribution is 7.46. The lowest BCUT2D eigenvalue weighted by Crippen LogP contribution is -2.58. The van der Waals surface area contributed by atoms with Crippen molar-refractivity contribution in [1.29, 1.82) is 0 Å². The number of thiazole rings is 1. The van der Waals surface area contributed by atoms with E-state index >= 15 is 0 Å². The molecule has 0 saturated heterocycles. The number of aliphatic hydroxyl groups excluding tert-OH is 1. The summed E-state index contributed by atoms with van der Waals surface area (Å²) >= 11 is 1.23. The molecule has 382 valence electrons. The maximum absolute atomic E-state index is 13.8. The number of nitro groups is 2. The van der Waals surface area contributed by atoms with Gasteiger partial charge < -0.3 is 64.0 Å². The number of phosphoric acid groups is 1. The van der Waals surface area contributed by atoms with Gasteiger partial charge in [0.15, 0.2) is 0 Å². The van der Waals surface area contributed by atoms with Crippen LogP contribution in [-0.2, 0) is 61.9 Å². The Morgan fingerprint density at radius 2 is 1.27 bits per heavy atom. The molecule has 70 heavy (non-hydrogen) atoms. The number of nitrogens with one attached hydrogen (secondary N) is 6. The van der Waals surface area contributed by atoms with Crippen LogP contribution in [0, 0.1) is 20.2 Å². The lowest BCUT2D eigenvalue weighted by atomic mass is 10.0. The summed E-state index contributed by atoms with van der Waals surface area (Å²) in [5, 5.41) is 48.6. The Bertz CT molecular complexity index is 2320. The largest absolute Gasteiger partial charge is 0.469 e. The summed E-state index contributed by atoms with van der Waals surface area (Å²) in [4.78, 5) is 136. The van der Waals surface area contributed by atoms with Crippen LogP contribution >= 0.6 is 19.2 Å². The first-order valence-corrected chi connectivity index (χ1v) is 23.7. The normalized spacial score (nSPS) is 13.8. The second-order valence-electron chi connectivity index (χ2n) is 15.5. The van der Waals surface area contributed by atoms with Crippen LogP contribution in [-0.4, -0.2) is 134 Å². The third-order valence-electron chi connectivity index (χ3n) is 10.0. The number of benzene rings is 2. The molecule has 28 nitrogen and oxygen atoms in total. The number of carbonyl (C=O) groups excluding carboxylic acids is 7. The van der Waals surface area contributed by atoms with Gasteiger partial charge in [-0.15, -0.1) is 11.3 Å². The number of nitrogens with zero attached hydrogens (tertiary/aromatic N) is 3. The number of rotatable bonds is 31. The topological polar surface area (TPSA) is 456 Å². The molecule has 7 amide bonds. The summed E-state index contributed by atoms with van der Waals surface area (Å²) in [5.74, 6) is -6.37. The second-order valence-corrected chi connectivity index (χ2v) is 17.5. The van der Waals surface area contributed by atoms with E-state index in [0.717, 1.165) is 12.1 Å². The molecule has 6 atom stereocenters. The van der Waals surface area contributed by atoms with Gasteiger partial charge in [-0.1, -0.05) is 24.3 Å². The average Bonchev–Trinajstić information content (AvgIpc) is 3.82. The third kappa shape index (κ3) is 20.8. The molecular weight excluding hydrogens is 968 g/mol. The average molecular weight is 1020 g/mol. The summed E-state index contributed by atoms with van der Waals surface area (Å²) in [5.41, 5.74) is 19.1. The zero-order valence-electron chi connectivity index (χ0n) is 37.3. The lowest BCUT2D eigenvalue weighted by molar-refractivity contribution is -0.385. The molecule has 2 aromatic carbocycles. The van der Waals surface area contributed by atoms with Crippen molar-refractivity contribution in [2.45, 2.75) is 87.6 Å². The van der Waals surface area contributed by atoms with Crippen molar-refractivity contribution >= 4 is 71.9 Å². The highest BCUT2D eigenvalue weighted by atomic mass is 32.1. The molecule has 0 unspecified atom stereocenters. The lowest BCUT2D eigenvalue weighted by Gasteiger charge is -2.25. The third-order valence-corrected chi connectivity index (χ3v) is 11.2. The van der Waals surface area contributed by atoms with Crippen LogP contribution in [0.4, 0.5) is 11.4 Å². The summed E-state index contributed by atoms with van der Waals surface area (Å²) in [7, 11) is -5.23. The minimum atomic E-state index is -5.23. The van der Waals surface area contributed by atoms with Crippen LogP contribution in [0.15, 0.2) is 59.4 Å². The smallest absolute Gasteiger partial charge is 0.394 e. The van der Waals surface area contributed by atoms with E-state index < -0.39 is 121 Å². The highest BCUT2D eigenvalue weighted by Crippen LogP contribution is 2.35. The SMILES string of the molecule is NCCCC[C@H](NC(=O)[C@H](Cc1ccc([N+](=O)[O-])cc1)NC(=O)CCNC(=O)C[C@H](CO)NC(=O)[C@H](Cc1ccc([N+](=O)[O-])cc1)NC(=O)[C@H](COP(=O)(O)O)NC(=O)[C@@H](N)Cc1cscn1)C(N)=O. The van der Waals surface area contributed by atoms with Gasteiger partial charge in [-0.2, -0.15) is 0 Å². The molecule has 1 heterocycles. The summed E-state index contributed by atoms with van der Waals surface area (Å²) in [6.45, 7) is -1.95. The van der Waals surface area contributed by atoms with Gasteiger partial charge in [0.25, 0.3) is 11.4 Å². The molecule has 0 aliphatic heterocycles. The van der Waals surface area contributed by atoms with Crippen molar-refractivity contribution < 1.29 is 67.4 Å². The quantitative estimate of drug-likeness (QED) is 0.0136. The van der Waals surface area contributed by atoms with Crippen LogP contribution < -0.4 is 49.1 Å². The number of nitrogens with two attached hydrogens (primary N) is 3. The molecule has 0 spiro atoms. The van der Waals surface area contributed by atoms with Gasteiger partial charge in [-0.3, -0.25) is 58.3 Å². The second kappa shape index (κ2) is 28.6. The molecule has 0 aliphatic rings. The van der Waals surface area contributed by atoms with Gasteiger partial charge in [0, 0.05) is 68.3 Å². The van der Waals surface area contributed by atoms with Gasteiger partial charge in [0.05, 0.1) is 46.3 Å². The molecular formula is C40H55N12O16PS. The van der Waals surface area contributed by atoms with E-state index in [0.29, 0.717) is 30.6 Å². The van der Waals surface area contributed by atoms with Crippen LogP contribution in [0.2, 0.25) is 0 Å². The summed E-state index contributed by atoms with van der Waals surface area (Å²) in [6, 6.07) is 1.40. The predicted molar refractivity (Wildman–Crippen MR) is 246 cm³/mol. The molecule has 0 bridgehead atoms. The Balaban J connectivity index is 1.71. The fourth-order valence-corrected chi connectivity index (χ4v) is 7.27. The number of amides is 7. The van der Waals surface area contributed by atoms with Gasteiger partial charge in [-0.05, 0) is 36.9 Å². The monoisotopic (exact) mass is 1020 g/mol. The number of primary amides is 1. The molecule has 1 aromatic heterocycles. The maximum atomic E-state index is 13.8. The van der Waals surface area contributed by atoms with Crippen molar-refractivity contribution in [3.8, 4) is 0 Å². The number of hydrogen-bond acceptors (Lipinski definition) is 18. The van der Waals surface area contributed by atoms with Gasteiger partial charge in [0.2, 0.25) is 41.4 Å². The van der Waals surface area contributed by atoms with E-state index in [4.69, 9.17) is 17.2 Å². The van der Waals surface area contributed by atoms with Crippen molar-refractivity contribution in [2.24, 2.45) is 17.2 Å². The van der Waals surface area contributed by atoms with Crippen LogP contribution in [0.5, 0.6) is 0 Å². The van der Waals surface area contributed by atoms with Gasteiger partial charge >= 0.3 is 7.82 Å². The van der Waals surface area contributed by atoms with E-state index in [1.807, 2.05) is 0 Å². The highest BCUT2D eigenvalue weighted by Gasteiger charge is 2.32. The molecule has 0 saturated carbocycles. The number of aliphatic hydroxyl groups is 1. The van der Waals surface area contributed by atoms with E-state index in [1.54, 1.807) is 5.38 Å². The van der Waals surface area contributed by atoms with Gasteiger partial charge in [0.1, 0.15) is 24.2 Å². The molecule has 30 heteroatoms. The summed E-state index contributed by atoms with van der Waals surface area (Å²) in [6.07, 6.45) is -0.497. The number of nitro benzene ring substituents is 2. The van der Waals surface area contributed by atoms with Crippen LogP contribution in [0.25, 0.3) is 0 Å². The minimum absolute atomic E-state index is 0.0839. The molecule has 3 rings (SSSR count). The Labute approximate surface area is 402 Å². The zero-order chi connectivity index (χ0) is 52.0. The molecule has 3 aromatic rings. The number of unbranched alkanes of at least 4 members (excludes halogenated alkanes) is 1. The van der Waals surface area contributed by atoms with Crippen LogP contribution in [0.3, 0.4) is 0 Å². The Morgan fingerprint density at radius 3 is 1.77 bits per heavy atom. The number of aromatic nitrogens is 1. The van der Waals surface area contributed by atoms with E-state index in [1.165, 1.54) is 53.2 Å². The van der Waals surface area contributed by atoms with Crippen molar-refractivity contribution in [2.75, 3.05) is 26.3 Å². The Hall–Kier alpha value is -6.85. The number of carbonyl (C=O) groups is 7. The number of non-ortho nitro benzene ring substituents is 2. The first-order valence-electron chi connectivity index (χ1n) is 21.3. The first-order chi connectivity index (χ1) is 33.1. The van der Waals surface area contributed by atoms with E-state index in [2.05, 4.69) is 41.4 Å². The van der Waals surface area contributed by atoms with Crippen molar-refractivity contribution in [3.63, 3.8) is 0 Å². The van der Waals surface area contributed by atoms with Gasteiger partial charge in [-0.25, -0.2) is 9.55 Å². The Morgan fingerprint density at radius 1 is 0.743 bits per heavy atom. The van der Waals surface area contributed by atoms with Crippen molar-refractivity contribution in [3.05, 3.63) is 96.5 Å². The molecule has 0 fully saturated rings. The van der Waals surface area contributed by atoms with E-state index in [-0.39, 0.29) is 49.2 Å². The standard InChI is InChI=1S/C40H55N12O16PS/c41-13-2-1-3-30(36(43)56)48-39(59)31(15-23-4-8-27(9-5-23)51(61)62)47-34(54)12-14-44-35(55)18-25(19-53)46-38(58)32(16-24-6-10-28(11-7-24)52(63)64)49-40(60)33(20-68-69(65,66)67)50-37(57)29(42)17-26-21-70-22-45-26/h4-11,21-22,25,29-33,53H,1-3,12-20,41-42H2,(H2,43,56)(H,44,55)(H,46,58)(H,47,54)(H,48,59)(H,49,60)(H,50,57)(H2,65,66,67)/t25-,29+,30+,31+,32+,33+/m1/s1. The predicted octanol–water partition coefficient (Wildman–Crippen LogP) is -2.65. The zero-order valence-corrected chi connectivity index (χ0v) is 39.0. The fourth-order valence-electron chi connectivity index (χ4n) is 6.35.